The molecule has 0 unspecified atom stereocenters. The molecule has 5 rings (SSSR count). The third-order valence-corrected chi connectivity index (χ3v) is 5.49. The van der Waals surface area contributed by atoms with Crippen molar-refractivity contribution in [2.24, 2.45) is 0 Å². The van der Waals surface area contributed by atoms with Gasteiger partial charge in [0.1, 0.15) is 5.82 Å². The van der Waals surface area contributed by atoms with Crippen LogP contribution in [0.25, 0.3) is 10.9 Å². The number of H-pyrrole nitrogens is 1. The highest BCUT2D eigenvalue weighted by Gasteiger charge is 2.22. The van der Waals surface area contributed by atoms with E-state index >= 15 is 0 Å². The molecule has 0 radical (unpaired) electrons. The zero-order valence-electron chi connectivity index (χ0n) is 17.7. The van der Waals surface area contributed by atoms with Crippen molar-refractivity contribution in [3.05, 3.63) is 119 Å². The minimum Gasteiger partial charge on any atom is -0.357 e. The lowest BCUT2D eigenvalue weighted by molar-refractivity contribution is 0.258. The number of aromatic nitrogens is 3. The predicted octanol–water partition coefficient (Wildman–Crippen LogP) is 5.50. The van der Waals surface area contributed by atoms with Gasteiger partial charge in [0.05, 0.1) is 12.5 Å². The summed E-state index contributed by atoms with van der Waals surface area (Å²) in [6.07, 6.45) is 0. The fourth-order valence-electron chi connectivity index (χ4n) is 4.06. The summed E-state index contributed by atoms with van der Waals surface area (Å²) in [7, 11) is 1.99. The van der Waals surface area contributed by atoms with E-state index in [9.17, 15) is 4.39 Å². The summed E-state index contributed by atoms with van der Waals surface area (Å²) < 4.78 is 19.1. The fourth-order valence-corrected chi connectivity index (χ4v) is 4.06. The van der Waals surface area contributed by atoms with Crippen LogP contribution in [-0.4, -0.2) is 27.1 Å². The first-order valence-electron chi connectivity index (χ1n) is 10.5. The van der Waals surface area contributed by atoms with Gasteiger partial charge in [-0.1, -0.05) is 65.8 Å². The van der Waals surface area contributed by atoms with Gasteiger partial charge in [0, 0.05) is 23.1 Å². The van der Waals surface area contributed by atoms with Crippen molar-refractivity contribution in [1.29, 1.82) is 0 Å². The van der Waals surface area contributed by atoms with E-state index in [1.807, 2.05) is 49.5 Å². The average molecular weight is 426 g/mol. The minimum absolute atomic E-state index is 0.0937. The lowest BCUT2D eigenvalue weighted by atomic mass is 9.91. The summed E-state index contributed by atoms with van der Waals surface area (Å²) in [5.41, 5.74) is 4.15. The van der Waals surface area contributed by atoms with Crippen molar-refractivity contribution in [2.45, 2.75) is 19.0 Å². The number of rotatable bonds is 7. The predicted molar refractivity (Wildman–Crippen MR) is 122 cm³/mol. The summed E-state index contributed by atoms with van der Waals surface area (Å²) in [4.78, 5) is 10.1. The molecule has 0 bridgehead atoms. The van der Waals surface area contributed by atoms with Crippen LogP contribution in [0.4, 0.5) is 4.39 Å². The maximum absolute atomic E-state index is 13.5. The van der Waals surface area contributed by atoms with Crippen molar-refractivity contribution < 1.29 is 8.91 Å². The second kappa shape index (κ2) is 8.77. The van der Waals surface area contributed by atoms with Gasteiger partial charge in [-0.2, -0.15) is 4.98 Å². The summed E-state index contributed by atoms with van der Waals surface area (Å²) in [6.45, 7) is 1.15. The summed E-state index contributed by atoms with van der Waals surface area (Å²) in [6, 6.07) is 27.1. The van der Waals surface area contributed by atoms with E-state index in [0.717, 1.165) is 27.7 Å². The van der Waals surface area contributed by atoms with Gasteiger partial charge in [0.2, 0.25) is 5.89 Å². The quantitative estimate of drug-likeness (QED) is 0.373. The van der Waals surface area contributed by atoms with Crippen LogP contribution in [-0.2, 0) is 13.1 Å². The molecule has 160 valence electrons. The third kappa shape index (κ3) is 4.31. The topological polar surface area (TPSA) is 58.0 Å². The first-order chi connectivity index (χ1) is 15.7. The SMILES string of the molecule is CN(Cc1cc2cc(F)ccc2[nH]1)Cc1nc(C(c2ccccc2)c2ccccc2)no1. The number of hydrogen-bond acceptors (Lipinski definition) is 4. The molecule has 5 aromatic rings. The van der Waals surface area contributed by atoms with Gasteiger partial charge in [-0.05, 0) is 42.4 Å². The van der Waals surface area contributed by atoms with E-state index < -0.39 is 0 Å². The molecule has 0 amide bonds. The molecule has 0 spiro atoms. The molecular formula is C26H23FN4O. The number of halogens is 1. The highest BCUT2D eigenvalue weighted by Crippen LogP contribution is 2.30. The third-order valence-electron chi connectivity index (χ3n) is 5.49. The monoisotopic (exact) mass is 426 g/mol. The smallest absolute Gasteiger partial charge is 0.240 e. The number of nitrogens with one attached hydrogen (secondary N) is 1. The Morgan fingerprint density at radius 3 is 2.28 bits per heavy atom. The van der Waals surface area contributed by atoms with E-state index in [2.05, 4.69) is 39.3 Å². The van der Waals surface area contributed by atoms with Crippen molar-refractivity contribution in [2.75, 3.05) is 7.05 Å². The Kier molecular flexibility index (Phi) is 5.52. The molecule has 0 saturated carbocycles. The van der Waals surface area contributed by atoms with Crippen LogP contribution in [0.15, 0.2) is 89.5 Å². The Balaban J connectivity index is 1.34. The second-order valence-corrected chi connectivity index (χ2v) is 8.00. The minimum atomic E-state index is -0.235. The Bertz CT molecular complexity index is 1270. The zero-order chi connectivity index (χ0) is 21.9. The van der Waals surface area contributed by atoms with Gasteiger partial charge in [0.25, 0.3) is 0 Å². The van der Waals surface area contributed by atoms with E-state index in [1.165, 1.54) is 12.1 Å². The Morgan fingerprint density at radius 2 is 1.59 bits per heavy atom. The highest BCUT2D eigenvalue weighted by molar-refractivity contribution is 5.80. The number of fused-ring (bicyclic) bond motifs is 1. The lowest BCUT2D eigenvalue weighted by Crippen LogP contribution is -2.17. The van der Waals surface area contributed by atoms with Gasteiger partial charge in [-0.25, -0.2) is 4.39 Å². The molecule has 2 heterocycles. The summed E-state index contributed by atoms with van der Waals surface area (Å²) in [5.74, 6) is 0.874. The zero-order valence-corrected chi connectivity index (χ0v) is 17.7. The lowest BCUT2D eigenvalue weighted by Gasteiger charge is -2.14. The molecule has 0 saturated heterocycles. The van der Waals surface area contributed by atoms with E-state index in [-0.39, 0.29) is 11.7 Å². The second-order valence-electron chi connectivity index (χ2n) is 8.00. The van der Waals surface area contributed by atoms with Crippen LogP contribution in [0.5, 0.6) is 0 Å². The van der Waals surface area contributed by atoms with Crippen molar-refractivity contribution in [1.82, 2.24) is 20.0 Å². The van der Waals surface area contributed by atoms with Gasteiger partial charge >= 0.3 is 0 Å². The molecule has 0 atom stereocenters. The van der Waals surface area contributed by atoms with Gasteiger partial charge in [-0.3, -0.25) is 4.90 Å². The fraction of sp³-hybridized carbons (Fsp3) is 0.154. The van der Waals surface area contributed by atoms with Crippen molar-refractivity contribution >= 4 is 10.9 Å². The van der Waals surface area contributed by atoms with Crippen molar-refractivity contribution in [3.63, 3.8) is 0 Å². The molecule has 0 aliphatic carbocycles. The molecule has 32 heavy (non-hydrogen) atoms. The van der Waals surface area contributed by atoms with Crippen LogP contribution in [0, 0.1) is 5.82 Å². The molecule has 0 aliphatic rings. The first kappa shape index (κ1) is 20.2. The number of nitrogens with zero attached hydrogens (tertiary/aromatic N) is 3. The van der Waals surface area contributed by atoms with Gasteiger partial charge in [-0.15, -0.1) is 0 Å². The van der Waals surface area contributed by atoms with E-state index in [4.69, 9.17) is 9.51 Å². The first-order valence-corrected chi connectivity index (χ1v) is 10.5. The molecule has 3 aromatic carbocycles. The van der Waals surface area contributed by atoms with E-state index in [1.54, 1.807) is 6.07 Å². The Morgan fingerprint density at radius 1 is 0.906 bits per heavy atom. The number of aromatic amines is 1. The largest absolute Gasteiger partial charge is 0.357 e. The molecule has 0 aliphatic heterocycles. The van der Waals surface area contributed by atoms with Gasteiger partial charge < -0.3 is 9.51 Å². The van der Waals surface area contributed by atoms with E-state index in [0.29, 0.717) is 24.8 Å². The maximum atomic E-state index is 13.5. The standard InChI is InChI=1S/C26H23FN4O/c1-31(16-22-15-20-14-21(27)12-13-23(20)28-22)17-24-29-26(30-32-24)25(18-8-4-2-5-9-18)19-10-6-3-7-11-19/h2-15,25,28H,16-17H2,1H3. The van der Waals surface area contributed by atoms with Crippen LogP contribution < -0.4 is 0 Å². The maximum Gasteiger partial charge on any atom is 0.240 e. The molecule has 2 aromatic heterocycles. The van der Waals surface area contributed by atoms with Crippen LogP contribution in [0.2, 0.25) is 0 Å². The molecule has 1 N–H and O–H groups in total. The summed E-state index contributed by atoms with van der Waals surface area (Å²) in [5, 5.41) is 5.17. The highest BCUT2D eigenvalue weighted by atomic mass is 19.1. The normalized spacial score (nSPS) is 11.6. The van der Waals surface area contributed by atoms with Gasteiger partial charge in [0.15, 0.2) is 5.82 Å². The van der Waals surface area contributed by atoms with Crippen molar-refractivity contribution in [3.8, 4) is 0 Å². The van der Waals surface area contributed by atoms with Crippen LogP contribution >= 0.6 is 0 Å². The number of hydrogen-bond donors (Lipinski definition) is 1. The molecule has 0 fully saturated rings. The Hall–Kier alpha value is -3.77. The summed E-state index contributed by atoms with van der Waals surface area (Å²) >= 11 is 0. The molecular weight excluding hydrogens is 403 g/mol. The van der Waals surface area contributed by atoms with Crippen LogP contribution in [0.3, 0.4) is 0 Å². The van der Waals surface area contributed by atoms with Crippen LogP contribution in [0.1, 0.15) is 34.5 Å². The molecule has 6 heteroatoms. The number of benzene rings is 3. The average Bonchev–Trinajstić information content (AvgIpc) is 3.41. The Labute approximate surface area is 185 Å². The molecule has 5 nitrogen and oxygen atoms in total.